The Kier molecular flexibility index (Phi) is 7.90. The number of hydrogen-bond acceptors (Lipinski definition) is 6. The van der Waals surface area contributed by atoms with Crippen molar-refractivity contribution in [3.8, 4) is 0 Å². The third-order valence-corrected chi connectivity index (χ3v) is 8.82. The Hall–Kier alpha value is -2.08. The van der Waals surface area contributed by atoms with E-state index in [1.807, 2.05) is 0 Å². The summed E-state index contributed by atoms with van der Waals surface area (Å²) in [4.78, 5) is 6.46. The minimum absolute atomic E-state index is 0.00969. The first kappa shape index (κ1) is 25.6. The first-order chi connectivity index (χ1) is 17.4. The lowest BCUT2D eigenvalue weighted by molar-refractivity contribution is 0.0862. The van der Waals surface area contributed by atoms with Gasteiger partial charge in [-0.15, -0.1) is 0 Å². The standard InChI is InChI=1S/C25H33FN4O4S2/c26-19-7-5-18(6-8-19)17-36(31,32)25-27-13-21(30(25)16-23-4-2-12-34-23)14-29(15-22-3-1-11-33-22)24(35)28-20-9-10-20/h5-8,13,20,22-23H,1-4,9-12,14-17H2,(H,28,35)/t22-,23+/m1/s1. The zero-order chi connectivity index (χ0) is 25.1. The van der Waals surface area contributed by atoms with Crippen LogP contribution >= 0.6 is 12.2 Å². The molecular weight excluding hydrogens is 503 g/mol. The van der Waals surface area contributed by atoms with Crippen molar-refractivity contribution in [3.05, 3.63) is 47.5 Å². The maximum atomic E-state index is 13.5. The lowest BCUT2D eigenvalue weighted by Gasteiger charge is -2.29. The smallest absolute Gasteiger partial charge is 0.228 e. The molecule has 0 amide bonds. The van der Waals surface area contributed by atoms with E-state index in [9.17, 15) is 12.8 Å². The zero-order valence-corrected chi connectivity index (χ0v) is 21.9. The van der Waals surface area contributed by atoms with Gasteiger partial charge in [0.05, 0.1) is 42.9 Å². The van der Waals surface area contributed by atoms with Crippen LogP contribution < -0.4 is 5.32 Å². The quantitative estimate of drug-likeness (QED) is 0.464. The van der Waals surface area contributed by atoms with Crippen molar-refractivity contribution in [2.45, 2.75) is 80.8 Å². The first-order valence-corrected chi connectivity index (χ1v) is 14.7. The van der Waals surface area contributed by atoms with Crippen molar-refractivity contribution in [2.24, 2.45) is 0 Å². The maximum absolute atomic E-state index is 13.5. The maximum Gasteiger partial charge on any atom is 0.228 e. The summed E-state index contributed by atoms with van der Waals surface area (Å²) in [7, 11) is -3.78. The molecule has 3 aliphatic rings. The fourth-order valence-corrected chi connectivity index (χ4v) is 6.57. The summed E-state index contributed by atoms with van der Waals surface area (Å²) in [6, 6.07) is 5.93. The average molecular weight is 537 g/mol. The number of sulfone groups is 1. The van der Waals surface area contributed by atoms with Crippen molar-refractivity contribution in [2.75, 3.05) is 19.8 Å². The highest BCUT2D eigenvalue weighted by Crippen LogP contribution is 2.24. The van der Waals surface area contributed by atoms with Crippen molar-refractivity contribution in [1.82, 2.24) is 19.8 Å². The summed E-state index contributed by atoms with van der Waals surface area (Å²) in [6.07, 6.45) is 7.71. The largest absolute Gasteiger partial charge is 0.376 e. The Morgan fingerprint density at radius 3 is 2.44 bits per heavy atom. The van der Waals surface area contributed by atoms with Gasteiger partial charge in [-0.05, 0) is 68.4 Å². The van der Waals surface area contributed by atoms with E-state index in [0.29, 0.717) is 43.0 Å². The summed E-state index contributed by atoms with van der Waals surface area (Å²) >= 11 is 5.75. The topological polar surface area (TPSA) is 85.7 Å². The van der Waals surface area contributed by atoms with Crippen molar-refractivity contribution in [3.63, 3.8) is 0 Å². The molecule has 3 fully saturated rings. The highest BCUT2D eigenvalue weighted by molar-refractivity contribution is 7.90. The lowest BCUT2D eigenvalue weighted by atomic mass is 10.2. The number of halogens is 1. The number of imidazole rings is 1. The fraction of sp³-hybridized carbons (Fsp3) is 0.600. The second-order valence-electron chi connectivity index (χ2n) is 9.90. The molecule has 0 spiro atoms. The van der Waals surface area contributed by atoms with Gasteiger partial charge in [0.25, 0.3) is 0 Å². The minimum atomic E-state index is -3.78. The van der Waals surface area contributed by atoms with E-state index >= 15 is 0 Å². The third kappa shape index (κ3) is 6.42. The van der Waals surface area contributed by atoms with Gasteiger partial charge in [0.15, 0.2) is 5.11 Å². The van der Waals surface area contributed by atoms with Crippen molar-refractivity contribution >= 4 is 27.2 Å². The summed E-state index contributed by atoms with van der Waals surface area (Å²) in [6.45, 7) is 2.90. The molecule has 0 radical (unpaired) electrons. The Balaban J connectivity index is 1.41. The molecule has 1 aromatic heterocycles. The molecular formula is C25H33FN4O4S2. The van der Waals surface area contributed by atoms with E-state index in [1.54, 1.807) is 10.8 Å². The molecule has 2 saturated heterocycles. The van der Waals surface area contributed by atoms with Crippen LogP contribution in [0.1, 0.15) is 49.8 Å². The number of ether oxygens (including phenoxy) is 2. The Labute approximate surface area is 217 Å². The van der Waals surface area contributed by atoms with Gasteiger partial charge in [-0.25, -0.2) is 17.8 Å². The predicted molar refractivity (Wildman–Crippen MR) is 137 cm³/mol. The van der Waals surface area contributed by atoms with Crippen LogP contribution in [-0.4, -0.2) is 66.0 Å². The Morgan fingerprint density at radius 1 is 1.11 bits per heavy atom. The number of hydrogen-bond donors (Lipinski definition) is 1. The van der Waals surface area contributed by atoms with Crippen LogP contribution in [-0.2, 0) is 38.2 Å². The fourth-order valence-electron chi connectivity index (χ4n) is 4.76. The van der Waals surface area contributed by atoms with E-state index in [0.717, 1.165) is 50.8 Å². The molecule has 2 atom stereocenters. The monoisotopic (exact) mass is 536 g/mol. The van der Waals surface area contributed by atoms with Gasteiger partial charge >= 0.3 is 0 Å². The summed E-state index contributed by atoms with van der Waals surface area (Å²) in [5.41, 5.74) is 1.28. The van der Waals surface area contributed by atoms with Crippen LogP contribution in [0, 0.1) is 5.82 Å². The van der Waals surface area contributed by atoms with Gasteiger partial charge in [0.1, 0.15) is 5.82 Å². The summed E-state index contributed by atoms with van der Waals surface area (Å²) in [5, 5.41) is 4.08. The van der Waals surface area contributed by atoms with Gasteiger partial charge in [0, 0.05) is 25.8 Å². The van der Waals surface area contributed by atoms with Crippen LogP contribution in [0.25, 0.3) is 0 Å². The molecule has 5 rings (SSSR count). The SMILES string of the molecule is O=S(=O)(Cc1ccc(F)cc1)c1ncc(CN(C[C@H]2CCCO2)C(=S)NC2CC2)n1C[C@@H]1CCCO1. The highest BCUT2D eigenvalue weighted by atomic mass is 32.2. The second-order valence-corrected chi connectivity index (χ2v) is 12.2. The normalized spacial score (nSPS) is 22.1. The van der Waals surface area contributed by atoms with E-state index < -0.39 is 15.7 Å². The number of nitrogens with one attached hydrogen (secondary N) is 1. The van der Waals surface area contributed by atoms with Crippen LogP contribution in [0.4, 0.5) is 4.39 Å². The number of nitrogens with zero attached hydrogens (tertiary/aromatic N) is 3. The van der Waals surface area contributed by atoms with Crippen LogP contribution in [0.2, 0.25) is 0 Å². The zero-order valence-electron chi connectivity index (χ0n) is 20.3. The molecule has 0 bridgehead atoms. The molecule has 0 unspecified atom stereocenters. The second kappa shape index (κ2) is 11.1. The summed E-state index contributed by atoms with van der Waals surface area (Å²) < 4.78 is 53.7. The average Bonchev–Trinajstić information content (AvgIpc) is 3.24. The van der Waals surface area contributed by atoms with Crippen LogP contribution in [0.15, 0.2) is 35.6 Å². The molecule has 1 N–H and O–H groups in total. The third-order valence-electron chi connectivity index (χ3n) is 6.85. The van der Waals surface area contributed by atoms with E-state index in [1.165, 1.54) is 24.3 Å². The molecule has 3 heterocycles. The minimum Gasteiger partial charge on any atom is -0.376 e. The van der Waals surface area contributed by atoms with E-state index in [2.05, 4.69) is 15.2 Å². The molecule has 8 nitrogen and oxygen atoms in total. The van der Waals surface area contributed by atoms with Crippen molar-refractivity contribution in [1.29, 1.82) is 0 Å². The molecule has 1 aromatic carbocycles. The van der Waals surface area contributed by atoms with Crippen LogP contribution in [0.5, 0.6) is 0 Å². The van der Waals surface area contributed by atoms with Crippen molar-refractivity contribution < 1.29 is 22.3 Å². The van der Waals surface area contributed by atoms with Crippen LogP contribution in [0.3, 0.4) is 0 Å². The van der Waals surface area contributed by atoms with Gasteiger partial charge in [-0.2, -0.15) is 0 Å². The lowest BCUT2D eigenvalue weighted by Crippen LogP contribution is -2.44. The Bertz CT molecular complexity index is 1160. The van der Waals surface area contributed by atoms with E-state index in [4.69, 9.17) is 21.7 Å². The first-order valence-electron chi connectivity index (χ1n) is 12.7. The van der Waals surface area contributed by atoms with Gasteiger partial charge in [-0.3, -0.25) is 0 Å². The molecule has 36 heavy (non-hydrogen) atoms. The number of benzene rings is 1. The molecule has 196 valence electrons. The molecule has 2 aliphatic heterocycles. The molecule has 11 heteroatoms. The Morgan fingerprint density at radius 2 is 1.81 bits per heavy atom. The number of rotatable bonds is 10. The van der Waals surface area contributed by atoms with Gasteiger partial charge < -0.3 is 24.3 Å². The van der Waals surface area contributed by atoms with Gasteiger partial charge in [-0.1, -0.05) is 12.1 Å². The molecule has 1 aliphatic carbocycles. The highest BCUT2D eigenvalue weighted by Gasteiger charge is 2.30. The van der Waals surface area contributed by atoms with E-state index in [-0.39, 0.29) is 23.1 Å². The number of aromatic nitrogens is 2. The van der Waals surface area contributed by atoms with Gasteiger partial charge in [0.2, 0.25) is 15.0 Å². The number of thiocarbonyl (C=S) groups is 1. The predicted octanol–water partition coefficient (Wildman–Crippen LogP) is 3.19. The molecule has 2 aromatic rings. The molecule has 1 saturated carbocycles. The summed E-state index contributed by atoms with van der Waals surface area (Å²) in [5.74, 6) is -0.656.